The summed E-state index contributed by atoms with van der Waals surface area (Å²) in [6.07, 6.45) is 1.52. The Bertz CT molecular complexity index is 2600. The number of nitrogens with zero attached hydrogens (tertiary/aromatic N) is 3. The van der Waals surface area contributed by atoms with Gasteiger partial charge in [-0.15, -0.1) is 0 Å². The predicted octanol–water partition coefficient (Wildman–Crippen LogP) is 9.13. The number of methoxy groups -OCH3 is 2. The van der Waals surface area contributed by atoms with Crippen LogP contribution in [0.1, 0.15) is 86.7 Å². The van der Waals surface area contributed by atoms with Gasteiger partial charge in [-0.25, -0.2) is 14.3 Å². The molecule has 346 valence electrons. The molecule has 0 amide bonds. The second-order valence-corrected chi connectivity index (χ2v) is 17.6. The molecule has 4 aromatic carbocycles. The van der Waals surface area contributed by atoms with Crippen molar-refractivity contribution in [2.24, 2.45) is 0 Å². The zero-order valence-corrected chi connectivity index (χ0v) is 39.1. The van der Waals surface area contributed by atoms with E-state index in [1.807, 2.05) is 60.7 Å². The van der Waals surface area contributed by atoms with E-state index in [9.17, 15) is 24.8 Å². The van der Waals surface area contributed by atoms with E-state index in [0.717, 1.165) is 44.9 Å². The van der Waals surface area contributed by atoms with Crippen LogP contribution in [0.4, 0.5) is 0 Å². The van der Waals surface area contributed by atoms with Gasteiger partial charge in [0.2, 0.25) is 0 Å². The normalized spacial score (nSPS) is 16.2. The first kappa shape index (κ1) is 49.3. The molecule has 4 atom stereocenters. The summed E-state index contributed by atoms with van der Waals surface area (Å²) in [5.74, 6) is 6.49. The summed E-state index contributed by atoms with van der Waals surface area (Å²) in [6, 6.07) is 30.8. The molecule has 0 saturated carbocycles. The van der Waals surface area contributed by atoms with Crippen LogP contribution in [-0.2, 0) is 31.5 Å². The summed E-state index contributed by atoms with van der Waals surface area (Å²) in [4.78, 5) is 40.1. The Kier molecular flexibility index (Phi) is 17.9. The Morgan fingerprint density at radius 3 is 2.21 bits per heavy atom. The van der Waals surface area contributed by atoms with Gasteiger partial charge in [0, 0.05) is 31.1 Å². The molecule has 1 fully saturated rings. The van der Waals surface area contributed by atoms with Gasteiger partial charge in [-0.3, -0.25) is 14.3 Å². The van der Waals surface area contributed by atoms with Crippen LogP contribution in [0, 0.1) is 23.2 Å². The number of carbonyl (C=O) groups is 1. The van der Waals surface area contributed by atoms with Gasteiger partial charge in [-0.1, -0.05) is 66.4 Å². The van der Waals surface area contributed by atoms with Crippen LogP contribution in [-0.4, -0.2) is 77.0 Å². The molecule has 0 bridgehead atoms. The monoisotopic (exact) mass is 916 g/mol. The van der Waals surface area contributed by atoms with Crippen molar-refractivity contribution in [3.8, 4) is 51.7 Å². The lowest BCUT2D eigenvalue weighted by molar-refractivity contribution is -0.0646. The van der Waals surface area contributed by atoms with Gasteiger partial charge < -0.3 is 33.1 Å². The number of aromatic amines is 1. The van der Waals surface area contributed by atoms with Gasteiger partial charge >= 0.3 is 11.7 Å². The molecule has 6 rings (SSSR count). The number of nitrogens with one attached hydrogen (secondary N) is 1. The molecule has 1 aliphatic rings. The Labute approximate surface area is 387 Å². The zero-order valence-electron chi connectivity index (χ0n) is 38.2. The molecule has 2 N–H and O–H groups in total. The van der Waals surface area contributed by atoms with E-state index < -0.39 is 44.2 Å². The van der Waals surface area contributed by atoms with Crippen molar-refractivity contribution in [3.05, 3.63) is 140 Å². The minimum Gasteiger partial charge on any atom is -0.497 e. The van der Waals surface area contributed by atoms with E-state index in [1.165, 1.54) is 10.8 Å². The third-order valence-corrected chi connectivity index (χ3v) is 13.2. The Balaban J connectivity index is 1.26. The first-order valence-corrected chi connectivity index (χ1v) is 23.1. The van der Waals surface area contributed by atoms with E-state index in [1.54, 1.807) is 38.5 Å². The molecule has 0 aliphatic carbocycles. The fraction of sp³-hybridized carbons (Fsp3) is 0.373. The molecule has 66 heavy (non-hydrogen) atoms. The Morgan fingerprint density at radius 2 is 1.59 bits per heavy atom. The largest absolute Gasteiger partial charge is 0.497 e. The first-order chi connectivity index (χ1) is 31.9. The topological polar surface area (TPSA) is 175 Å². The molecule has 14 nitrogen and oxygen atoms in total. The maximum absolute atomic E-state index is 13.5. The highest BCUT2D eigenvalue weighted by molar-refractivity contribution is 7.44. The van der Waals surface area contributed by atoms with Crippen LogP contribution in [0.3, 0.4) is 0 Å². The lowest BCUT2D eigenvalue weighted by Gasteiger charge is -2.37. The van der Waals surface area contributed by atoms with Crippen LogP contribution in [0.5, 0.6) is 11.5 Å². The van der Waals surface area contributed by atoms with E-state index in [0.29, 0.717) is 19.3 Å². The van der Waals surface area contributed by atoms with E-state index >= 15 is 0 Å². The molecule has 15 heteroatoms. The first-order valence-electron chi connectivity index (χ1n) is 22.0. The number of H-pyrrole nitrogens is 1. The molecule has 4 unspecified atom stereocenters. The molecular formula is C51H57N4O10P. The molecule has 0 spiro atoms. The van der Waals surface area contributed by atoms with Gasteiger partial charge in [-0.2, -0.15) is 5.26 Å². The fourth-order valence-electron chi connectivity index (χ4n) is 7.80. The van der Waals surface area contributed by atoms with Crippen molar-refractivity contribution >= 4 is 14.5 Å². The molecule has 0 radical (unpaired) electrons. The summed E-state index contributed by atoms with van der Waals surface area (Å²) in [7, 11) is 1.58. The number of carboxylic acid groups (broad SMARTS) is 1. The lowest BCUT2D eigenvalue weighted by atomic mass is 9.90. The molecular weight excluding hydrogens is 860 g/mol. The fourth-order valence-corrected chi connectivity index (χ4v) is 9.56. The molecule has 1 aromatic heterocycles. The average molecular weight is 917 g/mol. The Hall–Kier alpha value is -6.09. The summed E-state index contributed by atoms with van der Waals surface area (Å²) in [5, 5.41) is 18.5. The zero-order chi connectivity index (χ0) is 47.2. The number of nitriles is 1. The lowest BCUT2D eigenvalue weighted by Crippen LogP contribution is -2.36. The van der Waals surface area contributed by atoms with Crippen LogP contribution in [0.2, 0.25) is 0 Å². The number of aromatic nitrogens is 2. The minimum atomic E-state index is -1.69. The summed E-state index contributed by atoms with van der Waals surface area (Å²) >= 11 is 0. The van der Waals surface area contributed by atoms with Crippen LogP contribution in [0.15, 0.2) is 107 Å². The summed E-state index contributed by atoms with van der Waals surface area (Å²) < 4.78 is 40.7. The number of rotatable bonds is 21. The highest BCUT2D eigenvalue weighted by Gasteiger charge is 2.42. The third kappa shape index (κ3) is 12.8. The average Bonchev–Trinajstić information content (AvgIpc) is 3.70. The number of benzene rings is 4. The maximum atomic E-state index is 13.5. The molecule has 1 saturated heterocycles. The van der Waals surface area contributed by atoms with Crippen LogP contribution in [0.25, 0.3) is 22.3 Å². The number of ether oxygens (including phenoxy) is 4. The van der Waals surface area contributed by atoms with E-state index in [4.69, 9.17) is 28.0 Å². The molecule has 2 heterocycles. The number of aryl methyl sites for hydroxylation is 1. The van der Waals surface area contributed by atoms with Crippen LogP contribution >= 0.6 is 8.53 Å². The second kappa shape index (κ2) is 23.9. The number of hydrogen-bond acceptors (Lipinski definition) is 11. The maximum Gasteiger partial charge on any atom is 0.335 e. The van der Waals surface area contributed by atoms with Gasteiger partial charge in [0.25, 0.3) is 14.1 Å². The van der Waals surface area contributed by atoms with E-state index in [-0.39, 0.29) is 55.9 Å². The summed E-state index contributed by atoms with van der Waals surface area (Å²) in [5.41, 5.74) is 4.96. The number of hydrogen-bond donors (Lipinski definition) is 2. The number of unbranched alkanes of at least 4 members (excludes halogenated alkanes) is 1. The smallest absolute Gasteiger partial charge is 0.335 e. The molecule has 1 aliphatic heterocycles. The van der Waals surface area contributed by atoms with Crippen molar-refractivity contribution in [1.82, 2.24) is 14.2 Å². The van der Waals surface area contributed by atoms with Crippen molar-refractivity contribution in [3.63, 3.8) is 0 Å². The molecule has 5 aromatic rings. The quantitative estimate of drug-likeness (QED) is 0.0407. The van der Waals surface area contributed by atoms with Crippen molar-refractivity contribution < 1.29 is 37.9 Å². The minimum absolute atomic E-state index is 0.0424. The number of carboxylic acids is 1. The standard InChI is InChI=1S/C51H57N4O10P/c1-34(2)55(35(3)4)66(63-29-11-28-52)65-45-30-47(54-31-40(49(56)53-51(54)59)13-9-7-8-12-36-16-18-39(19-17-36)50(57)58)64-46(45)33-62-32-41-14-10-15-44(37-20-24-42(60-5)25-21-37)48(41)38-22-26-43(61-6)27-23-38/h10,14-27,31,34-35,45-47H,7-8,11-12,29-30,32-33H2,1-6H3,(H,57,58)(H,53,56,59). The van der Waals surface area contributed by atoms with Gasteiger partial charge in [0.15, 0.2) is 0 Å². The SMILES string of the molecule is COc1ccc(-c2cccc(COCC3OC(n4cc(C#CCCCc5ccc(C(=O)O)cc5)c(=O)[nH]c4=O)CC3OP(OCCC#N)N(C(C)C)C(C)C)c2-c2ccc(OC)cc2)cc1. The Morgan fingerprint density at radius 1 is 0.924 bits per heavy atom. The predicted molar refractivity (Wildman–Crippen MR) is 253 cm³/mol. The van der Waals surface area contributed by atoms with Gasteiger partial charge in [0.1, 0.15) is 29.4 Å². The third-order valence-electron chi connectivity index (χ3n) is 11.0. The van der Waals surface area contributed by atoms with E-state index in [2.05, 4.69) is 61.3 Å². The van der Waals surface area contributed by atoms with Crippen molar-refractivity contribution in [2.75, 3.05) is 27.4 Å². The second-order valence-electron chi connectivity index (χ2n) is 16.2. The summed E-state index contributed by atoms with van der Waals surface area (Å²) in [6.45, 7) is 8.71. The van der Waals surface area contributed by atoms with Crippen molar-refractivity contribution in [2.45, 2.75) is 96.9 Å². The van der Waals surface area contributed by atoms with Gasteiger partial charge in [-0.05, 0) is 110 Å². The highest BCUT2D eigenvalue weighted by atomic mass is 31.2. The van der Waals surface area contributed by atoms with Gasteiger partial charge in [0.05, 0.1) is 58.2 Å². The number of aromatic carboxylic acids is 1. The highest BCUT2D eigenvalue weighted by Crippen LogP contribution is 2.50. The van der Waals surface area contributed by atoms with Crippen molar-refractivity contribution in [1.29, 1.82) is 5.26 Å². The van der Waals surface area contributed by atoms with Crippen LogP contribution < -0.4 is 20.7 Å².